The highest BCUT2D eigenvalue weighted by Crippen LogP contribution is 2.40. The summed E-state index contributed by atoms with van der Waals surface area (Å²) in [6, 6.07) is 5.97. The Bertz CT molecular complexity index is 2660. The predicted octanol–water partition coefficient (Wildman–Crippen LogP) is -15.3. The first-order valence-electron chi connectivity index (χ1n) is 31.4. The summed E-state index contributed by atoms with van der Waals surface area (Å²) in [5.74, 6) is -0.760. The smallest absolute Gasteiger partial charge is 0.251 e. The van der Waals surface area contributed by atoms with Crippen LogP contribution in [0, 0.1) is 0 Å². The fourth-order valence-electron chi connectivity index (χ4n) is 13.0. The van der Waals surface area contributed by atoms with Crippen LogP contribution in [0.1, 0.15) is 15.9 Å². The molecule has 0 radical (unpaired) electrons. The molecular formula is C57H87NO40. The molecule has 0 aromatic heterocycles. The van der Waals surface area contributed by atoms with Crippen LogP contribution in [-0.2, 0) is 75.8 Å². The van der Waals surface area contributed by atoms with Crippen LogP contribution < -0.4 is 5.32 Å². The predicted molar refractivity (Wildman–Crippen MR) is 303 cm³/mol. The van der Waals surface area contributed by atoms with Gasteiger partial charge in [0.2, 0.25) is 0 Å². The quantitative estimate of drug-likeness (QED) is 0.0978. The first-order chi connectivity index (χ1) is 46.8. The number of nitrogens with one attached hydrogen (secondary N) is 1. The molecule has 98 heavy (non-hydrogen) atoms. The number of rotatable bonds is 11. The van der Waals surface area contributed by atoms with E-state index in [4.69, 9.17) is 75.8 Å². The van der Waals surface area contributed by atoms with E-state index in [1.165, 1.54) is 18.2 Å². The lowest BCUT2D eigenvalue weighted by atomic mass is 9.94. The Morgan fingerprint density at radius 3 is 0.633 bits per heavy atom. The third-order valence-electron chi connectivity index (χ3n) is 18.6. The minimum absolute atomic E-state index is 0.0805. The molecule has 30 fully saturated rings. The van der Waals surface area contributed by atoms with Crippen molar-refractivity contribution in [3.63, 3.8) is 0 Å². The zero-order valence-electron chi connectivity index (χ0n) is 51.6. The average Bonchev–Trinajstić information content (AvgIpc) is 0.778. The second-order valence-corrected chi connectivity index (χ2v) is 24.8. The van der Waals surface area contributed by atoms with Gasteiger partial charge in [0, 0.05) is 12.1 Å². The standard InChI is InChI=1S/C57H87NO40/c1-2-15-3-5-16(6-4-15)49(82)58-7-17-41-25(66)33(74)50(83-17)92-42-18(8-59)85-52(35(76)27(42)68)94-44-20(10-61)87-54(37(78)29(44)70)96-46-22(12-63)89-56(39(80)31(46)72)98-48-24(14-65)90-57(40(81)32(48)73)97-47-23(13-64)88-55(38(79)30(47)71)95-45-21(11-62)86-53(36(77)28(45)69)93-43-19(9-60)84-51(91-41)34(75)26(43)67/h2-6,17-48,50-57,59-81H,1,7-14H2,(H,58,82)/t17-,18-,19-,20-,21-,22-,23-,24-,25-,26-,27-,28-,29-,30-,31-,32-,33-,34-,35-,36-,37-,38-,39-,40-,41-,42-,43-,44-,45-,46-,47-,48-,50-,51-,52-,53-,54-,55-,56-,57-/m1/s1. The van der Waals surface area contributed by atoms with Crippen molar-refractivity contribution >= 4 is 12.0 Å². The number of amides is 1. The molecule has 0 unspecified atom stereocenters. The Hall–Kier alpha value is -3.13. The van der Waals surface area contributed by atoms with Gasteiger partial charge in [0.05, 0.1) is 46.2 Å². The molecule has 0 saturated carbocycles. The van der Waals surface area contributed by atoms with Crippen LogP contribution in [0.2, 0.25) is 0 Å². The van der Waals surface area contributed by atoms with E-state index >= 15 is 0 Å². The van der Waals surface area contributed by atoms with Crippen LogP contribution in [0.3, 0.4) is 0 Å². The molecule has 41 nitrogen and oxygen atoms in total. The lowest BCUT2D eigenvalue weighted by Gasteiger charge is -2.50. The third-order valence-corrected chi connectivity index (χ3v) is 18.6. The fourth-order valence-corrected chi connectivity index (χ4v) is 13.0. The van der Waals surface area contributed by atoms with Gasteiger partial charge >= 0.3 is 0 Å². The maximum atomic E-state index is 13.6. The van der Waals surface area contributed by atoms with E-state index in [2.05, 4.69) is 11.9 Å². The van der Waals surface area contributed by atoms with Gasteiger partial charge in [-0.1, -0.05) is 24.8 Å². The largest absolute Gasteiger partial charge is 0.394 e. The van der Waals surface area contributed by atoms with Crippen LogP contribution in [0.4, 0.5) is 0 Å². The number of aliphatic hydroxyl groups excluding tert-OH is 23. The summed E-state index contributed by atoms with van der Waals surface area (Å²) in [6.45, 7) is -4.68. The molecule has 1 amide bonds. The maximum Gasteiger partial charge on any atom is 0.251 e. The van der Waals surface area contributed by atoms with Gasteiger partial charge in [-0.25, -0.2) is 0 Å². The van der Waals surface area contributed by atoms with Crippen LogP contribution in [0.25, 0.3) is 6.08 Å². The van der Waals surface area contributed by atoms with Gasteiger partial charge in [0.1, 0.15) is 195 Å². The van der Waals surface area contributed by atoms with Crippen LogP contribution in [0.15, 0.2) is 30.8 Å². The van der Waals surface area contributed by atoms with Gasteiger partial charge in [-0.05, 0) is 17.7 Å². The highest BCUT2D eigenvalue weighted by Gasteiger charge is 2.60. The Balaban J connectivity index is 0.931. The lowest BCUT2D eigenvalue weighted by Crippen LogP contribution is -2.69. The average molecular weight is 1430 g/mol. The van der Waals surface area contributed by atoms with Gasteiger partial charge in [0.15, 0.2) is 50.3 Å². The van der Waals surface area contributed by atoms with Crippen molar-refractivity contribution in [3.05, 3.63) is 42.0 Å². The molecule has 1 aromatic rings. The van der Waals surface area contributed by atoms with Crippen molar-refractivity contribution in [2.24, 2.45) is 0 Å². The van der Waals surface area contributed by atoms with Crippen molar-refractivity contribution in [1.29, 1.82) is 0 Å². The fraction of sp³-hybridized carbons (Fsp3) is 0.842. The van der Waals surface area contributed by atoms with Gasteiger partial charge in [-0.3, -0.25) is 4.79 Å². The lowest BCUT2D eigenvalue weighted by molar-refractivity contribution is -0.403. The van der Waals surface area contributed by atoms with E-state index in [1.807, 2.05) is 0 Å². The molecule has 40 atom stereocenters. The van der Waals surface area contributed by atoms with Crippen molar-refractivity contribution < 1.29 is 198 Å². The number of hydrogen-bond donors (Lipinski definition) is 24. The summed E-state index contributed by atoms with van der Waals surface area (Å²) < 4.78 is 92.7. The number of carbonyl (C=O) groups excluding carboxylic acids is 1. The molecule has 30 saturated heterocycles. The highest BCUT2D eigenvalue weighted by molar-refractivity contribution is 5.94. The molecular weight excluding hydrogens is 1340 g/mol. The number of carbonyl (C=O) groups is 1. The van der Waals surface area contributed by atoms with Gasteiger partial charge in [-0.15, -0.1) is 0 Å². The van der Waals surface area contributed by atoms with Crippen LogP contribution in [0.5, 0.6) is 0 Å². The van der Waals surface area contributed by atoms with Gasteiger partial charge < -0.3 is 199 Å². The zero-order chi connectivity index (χ0) is 71.0. The summed E-state index contributed by atoms with van der Waals surface area (Å²) in [6.07, 6.45) is -81.5. The monoisotopic (exact) mass is 1430 g/mol. The Morgan fingerprint density at radius 1 is 0.286 bits per heavy atom. The highest BCUT2D eigenvalue weighted by atomic mass is 16.8. The maximum absolute atomic E-state index is 13.6. The molecule has 30 aliphatic rings. The zero-order valence-corrected chi connectivity index (χ0v) is 51.6. The van der Waals surface area contributed by atoms with E-state index in [9.17, 15) is 122 Å². The number of benzene rings is 1. The molecule has 30 heterocycles. The number of ether oxygens (including phenoxy) is 16. The first kappa shape index (κ1) is 77.5. The normalized spacial score (nSPS) is 50.8. The van der Waals surface area contributed by atoms with E-state index in [0.717, 1.165) is 0 Å². The van der Waals surface area contributed by atoms with Crippen molar-refractivity contribution in [2.75, 3.05) is 52.8 Å². The molecule has 31 rings (SSSR count). The summed E-state index contributed by atoms with van der Waals surface area (Å²) in [4.78, 5) is 13.6. The van der Waals surface area contributed by atoms with Gasteiger partial charge in [-0.2, -0.15) is 0 Å². The minimum atomic E-state index is -2.30. The van der Waals surface area contributed by atoms with Gasteiger partial charge in [0.25, 0.3) is 5.91 Å². The molecule has 30 aliphatic heterocycles. The Morgan fingerprint density at radius 2 is 0.459 bits per heavy atom. The Labute approximate surface area is 554 Å². The first-order valence-corrected chi connectivity index (χ1v) is 31.4. The molecule has 0 aliphatic carbocycles. The molecule has 41 heteroatoms. The van der Waals surface area contributed by atoms with E-state index in [1.54, 1.807) is 12.1 Å². The summed E-state index contributed by atoms with van der Waals surface area (Å²) >= 11 is 0. The van der Waals surface area contributed by atoms with E-state index in [0.29, 0.717) is 5.56 Å². The second-order valence-electron chi connectivity index (χ2n) is 24.8. The SMILES string of the molecule is C=Cc1ccc(C(=O)NC[C@H]2O[C@@H]3O[C@H]4[C@H](O)[C@@H](O)[C@@H](O[C@H]5[C@H](O)[C@@H](O)[C@@H](O[C@H]6[C@H](O)[C@@H](O)[C@@H](O[C@H]7[C@H](O)[C@@H](O)[C@@H](O[C@H]8[C@H](O)[C@@H](O)[C@@H](O[C@H]9[C@H](O)[C@@H](O)[C@@H](O[C@H]%10[C@H](O)[C@@H](O)[C@@H](O[C@H]2[C@H](O)[C@H]3O)O[C@@H]%10CO)O[C@@H]9CO)O[C@@H]8CO)O[C@@H]7CO)O[C@@H]6CO)O[C@@H]5CO)O[C@@H]4CO)cc1. The molecule has 24 N–H and O–H groups in total. The molecule has 0 spiro atoms. The third kappa shape index (κ3) is 15.6. The van der Waals surface area contributed by atoms with Crippen molar-refractivity contribution in [1.82, 2.24) is 5.32 Å². The topological polar surface area (TPSA) is 642 Å². The van der Waals surface area contributed by atoms with Crippen molar-refractivity contribution in [2.45, 2.75) is 246 Å². The van der Waals surface area contributed by atoms with Crippen molar-refractivity contribution in [3.8, 4) is 0 Å². The van der Waals surface area contributed by atoms with E-state index < -0.39 is 304 Å². The summed E-state index contributed by atoms with van der Waals surface area (Å²) in [5, 5.41) is 261. The van der Waals surface area contributed by atoms with E-state index in [-0.39, 0.29) is 5.56 Å². The minimum Gasteiger partial charge on any atom is -0.394 e. The molecule has 1 aromatic carbocycles. The summed E-state index contributed by atoms with van der Waals surface area (Å²) in [5.41, 5.74) is 0.717. The number of aliphatic hydroxyl groups is 23. The Kier molecular flexibility index (Phi) is 26.3. The summed E-state index contributed by atoms with van der Waals surface area (Å²) in [7, 11) is 0. The molecule has 560 valence electrons. The van der Waals surface area contributed by atoms with Crippen LogP contribution in [-0.4, -0.2) is 422 Å². The number of hydrogen-bond acceptors (Lipinski definition) is 40. The second kappa shape index (κ2) is 33.3. The molecule has 16 bridgehead atoms. The van der Waals surface area contributed by atoms with Crippen LogP contribution >= 0.6 is 0 Å².